The molecule has 12 N–H and O–H groups in total. The number of hydrogen-bond acceptors (Lipinski definition) is 8. The number of unbranched alkanes of at least 4 members (excludes halogenated alkanes) is 2. The van der Waals surface area contributed by atoms with Crippen LogP contribution >= 0.6 is 0 Å². The molecule has 0 aromatic rings. The van der Waals surface area contributed by atoms with Crippen LogP contribution in [0.1, 0.15) is 58.3 Å². The topological polar surface area (TPSA) is 299 Å². The summed E-state index contributed by atoms with van der Waals surface area (Å²) in [5.74, 6) is -3.12. The van der Waals surface area contributed by atoms with Crippen LogP contribution in [0.25, 0.3) is 10.4 Å². The van der Waals surface area contributed by atoms with E-state index in [1.807, 2.05) is 0 Å². The van der Waals surface area contributed by atoms with Crippen molar-refractivity contribution in [3.63, 3.8) is 0 Å². The van der Waals surface area contributed by atoms with Gasteiger partial charge in [0.15, 0.2) is 5.96 Å². The summed E-state index contributed by atoms with van der Waals surface area (Å²) in [4.78, 5) is 67.8. The van der Waals surface area contributed by atoms with Crippen molar-refractivity contribution in [1.82, 2.24) is 21.3 Å². The fourth-order valence-corrected chi connectivity index (χ4v) is 3.45. The molecule has 0 aliphatic rings. The number of amides is 5. The average molecular weight is 555 g/mol. The Bertz CT molecular complexity index is 887. The Morgan fingerprint density at radius 1 is 0.795 bits per heavy atom. The number of carbonyl (C=O) groups is 5. The van der Waals surface area contributed by atoms with Gasteiger partial charge in [-0.3, -0.25) is 29.0 Å². The van der Waals surface area contributed by atoms with Crippen molar-refractivity contribution in [2.45, 2.75) is 76.4 Å². The van der Waals surface area contributed by atoms with Gasteiger partial charge in [-0.1, -0.05) is 11.5 Å². The summed E-state index contributed by atoms with van der Waals surface area (Å²) in [6.07, 6.45) is 3.21. The molecule has 39 heavy (non-hydrogen) atoms. The minimum Gasteiger partial charge on any atom is -0.370 e. The normalized spacial score (nSPS) is 12.6. The molecule has 0 bridgehead atoms. The van der Waals surface area contributed by atoms with Crippen LogP contribution in [0.3, 0.4) is 0 Å². The summed E-state index contributed by atoms with van der Waals surface area (Å²) >= 11 is 0. The molecule has 0 aromatic heterocycles. The van der Waals surface area contributed by atoms with Crippen LogP contribution in [-0.2, 0) is 24.0 Å². The Kier molecular flexibility index (Phi) is 18.7. The molecule has 3 atom stereocenters. The Labute approximate surface area is 227 Å². The lowest BCUT2D eigenvalue weighted by Crippen LogP contribution is -2.54. The number of carbonyl (C=O) groups excluding carboxylic acids is 5. The number of aliphatic imine (C=N–C) groups is 1. The molecule has 0 fully saturated rings. The summed E-state index contributed by atoms with van der Waals surface area (Å²) in [6.45, 7) is 1.70. The standard InChI is InChI=1S/C22H42N12O5/c1-14(35)31-16(9-6-11-28-22(25)26)20(38)29-13-18(36)32-17(8-2-4-10-23)21(39)33-15(19(24)37)7-3-5-12-30-34-27/h15-17H,2-13,23H2,1H3,(H2,24,37)(H,29,38)(H,31,35)(H,32,36)(H,33,39)(H4,25,26,28)/t15-,16-,17-/m0/s1. The maximum Gasteiger partial charge on any atom is 0.243 e. The third-order valence-corrected chi connectivity index (χ3v) is 5.39. The van der Waals surface area contributed by atoms with Crippen LogP contribution in [0.2, 0.25) is 0 Å². The quantitative estimate of drug-likeness (QED) is 0.0190. The van der Waals surface area contributed by atoms with Gasteiger partial charge in [-0.15, -0.1) is 0 Å². The van der Waals surface area contributed by atoms with Crippen LogP contribution < -0.4 is 44.2 Å². The monoisotopic (exact) mass is 554 g/mol. The SMILES string of the molecule is CC(=O)N[C@@H](CCCN=C(N)N)C(=O)NCC(=O)N[C@@H](CCCCN)C(=O)N[C@@H](CCCCN=[N+]=[N-])C(N)=O. The van der Waals surface area contributed by atoms with Crippen LogP contribution in [0, 0.1) is 0 Å². The number of nitrogens with two attached hydrogens (primary N) is 4. The second-order valence-corrected chi connectivity index (χ2v) is 8.74. The average Bonchev–Trinajstić information content (AvgIpc) is 2.87. The number of primary amides is 1. The number of guanidine groups is 1. The molecule has 0 radical (unpaired) electrons. The highest BCUT2D eigenvalue weighted by atomic mass is 16.2. The van der Waals surface area contributed by atoms with Crippen molar-refractivity contribution in [2.24, 2.45) is 33.0 Å². The Morgan fingerprint density at radius 2 is 1.41 bits per heavy atom. The predicted octanol–water partition coefficient (Wildman–Crippen LogP) is -2.27. The van der Waals surface area contributed by atoms with Gasteiger partial charge in [-0.05, 0) is 57.0 Å². The van der Waals surface area contributed by atoms with Gasteiger partial charge < -0.3 is 44.2 Å². The number of rotatable bonds is 21. The zero-order chi connectivity index (χ0) is 29.6. The lowest BCUT2D eigenvalue weighted by molar-refractivity contribution is -0.132. The first-order chi connectivity index (χ1) is 18.5. The lowest BCUT2D eigenvalue weighted by atomic mass is 10.1. The van der Waals surface area contributed by atoms with E-state index in [4.69, 9.17) is 28.5 Å². The van der Waals surface area contributed by atoms with E-state index in [-0.39, 0.29) is 38.3 Å². The van der Waals surface area contributed by atoms with Crippen molar-refractivity contribution < 1.29 is 24.0 Å². The van der Waals surface area contributed by atoms with E-state index < -0.39 is 54.2 Å². The third kappa shape index (κ3) is 17.9. The Balaban J connectivity index is 5.09. The van der Waals surface area contributed by atoms with Gasteiger partial charge in [0.05, 0.1) is 6.54 Å². The van der Waals surface area contributed by atoms with Gasteiger partial charge in [0.25, 0.3) is 0 Å². The summed E-state index contributed by atoms with van der Waals surface area (Å²) in [5.41, 5.74) is 29.8. The summed E-state index contributed by atoms with van der Waals surface area (Å²) in [6, 6.07) is -2.89. The molecular formula is C22H42N12O5. The molecule has 0 saturated heterocycles. The highest BCUT2D eigenvalue weighted by Crippen LogP contribution is 2.06. The number of azide groups is 1. The first-order valence-electron chi connectivity index (χ1n) is 12.7. The molecule has 0 aliphatic heterocycles. The fourth-order valence-electron chi connectivity index (χ4n) is 3.45. The highest BCUT2D eigenvalue weighted by Gasteiger charge is 2.26. The number of nitrogens with zero attached hydrogens (tertiary/aromatic N) is 4. The van der Waals surface area contributed by atoms with Crippen LogP contribution in [0.5, 0.6) is 0 Å². The molecule has 17 heteroatoms. The van der Waals surface area contributed by atoms with Crippen LogP contribution in [-0.4, -0.2) is 79.8 Å². The van der Waals surface area contributed by atoms with E-state index in [1.165, 1.54) is 6.92 Å². The largest absolute Gasteiger partial charge is 0.370 e. The maximum atomic E-state index is 12.9. The minimum atomic E-state index is -1.00. The molecule has 0 rings (SSSR count). The minimum absolute atomic E-state index is 0.0928. The molecule has 0 aromatic carbocycles. The fraction of sp³-hybridized carbons (Fsp3) is 0.727. The highest BCUT2D eigenvalue weighted by molar-refractivity contribution is 5.93. The molecule has 0 saturated carbocycles. The summed E-state index contributed by atoms with van der Waals surface area (Å²) in [5, 5.41) is 13.5. The number of hydrogen-bond donors (Lipinski definition) is 8. The van der Waals surface area contributed by atoms with Crippen molar-refractivity contribution in [3.05, 3.63) is 10.4 Å². The van der Waals surface area contributed by atoms with Gasteiger partial charge in [0.1, 0.15) is 18.1 Å². The molecule has 0 unspecified atom stereocenters. The van der Waals surface area contributed by atoms with Gasteiger partial charge in [-0.25, -0.2) is 0 Å². The molecule has 0 heterocycles. The van der Waals surface area contributed by atoms with Gasteiger partial charge >= 0.3 is 0 Å². The van der Waals surface area contributed by atoms with E-state index in [9.17, 15) is 24.0 Å². The molecule has 17 nitrogen and oxygen atoms in total. The smallest absolute Gasteiger partial charge is 0.243 e. The molecule has 0 spiro atoms. The zero-order valence-corrected chi connectivity index (χ0v) is 22.4. The van der Waals surface area contributed by atoms with Crippen molar-refractivity contribution in [3.8, 4) is 0 Å². The lowest BCUT2D eigenvalue weighted by Gasteiger charge is -2.22. The van der Waals surface area contributed by atoms with Crippen molar-refractivity contribution >= 4 is 35.5 Å². The second kappa shape index (κ2) is 20.9. The maximum absolute atomic E-state index is 12.9. The number of nitrogens with one attached hydrogen (secondary N) is 4. The molecule has 0 aliphatic carbocycles. The summed E-state index contributed by atoms with van der Waals surface area (Å²) < 4.78 is 0. The van der Waals surface area contributed by atoms with Crippen molar-refractivity contribution in [1.29, 1.82) is 0 Å². The predicted molar refractivity (Wildman–Crippen MR) is 144 cm³/mol. The zero-order valence-electron chi connectivity index (χ0n) is 22.4. The van der Waals surface area contributed by atoms with Gasteiger partial charge in [0, 0.05) is 24.9 Å². The first-order valence-corrected chi connectivity index (χ1v) is 12.7. The van der Waals surface area contributed by atoms with E-state index in [2.05, 4.69) is 36.3 Å². The Morgan fingerprint density at radius 3 is 2.00 bits per heavy atom. The van der Waals surface area contributed by atoms with Crippen LogP contribution in [0.4, 0.5) is 0 Å². The van der Waals surface area contributed by atoms with E-state index in [0.717, 1.165) is 0 Å². The molecule has 220 valence electrons. The Hall–Kier alpha value is -4.11. The van der Waals surface area contributed by atoms with Crippen LogP contribution in [0.15, 0.2) is 10.1 Å². The van der Waals surface area contributed by atoms with E-state index in [0.29, 0.717) is 38.6 Å². The van der Waals surface area contributed by atoms with E-state index in [1.54, 1.807) is 0 Å². The molecule has 5 amide bonds. The van der Waals surface area contributed by atoms with E-state index >= 15 is 0 Å². The van der Waals surface area contributed by atoms with Gasteiger partial charge in [0.2, 0.25) is 29.5 Å². The van der Waals surface area contributed by atoms with Crippen molar-refractivity contribution in [2.75, 3.05) is 26.2 Å². The first kappa shape index (κ1) is 34.9. The van der Waals surface area contributed by atoms with Gasteiger partial charge in [-0.2, -0.15) is 0 Å². The second-order valence-electron chi connectivity index (χ2n) is 8.74. The third-order valence-electron chi connectivity index (χ3n) is 5.39. The molecular weight excluding hydrogens is 512 g/mol. The summed E-state index contributed by atoms with van der Waals surface area (Å²) in [7, 11) is 0.